The van der Waals surface area contributed by atoms with Crippen LogP contribution in [0.5, 0.6) is 0 Å². The predicted molar refractivity (Wildman–Crippen MR) is 110 cm³/mol. The molecule has 1 aromatic carbocycles. The molecule has 0 bridgehead atoms. The van der Waals surface area contributed by atoms with Crippen molar-refractivity contribution in [1.82, 2.24) is 14.9 Å². The van der Waals surface area contributed by atoms with E-state index in [-0.39, 0.29) is 5.91 Å². The Morgan fingerprint density at radius 2 is 1.67 bits per heavy atom. The van der Waals surface area contributed by atoms with E-state index >= 15 is 0 Å². The van der Waals surface area contributed by atoms with Gasteiger partial charge in [-0.15, -0.1) is 0 Å². The highest BCUT2D eigenvalue weighted by molar-refractivity contribution is 5.93. The van der Waals surface area contributed by atoms with Crippen molar-refractivity contribution in [2.75, 3.05) is 49.1 Å². The maximum absolute atomic E-state index is 12.8. The van der Waals surface area contributed by atoms with E-state index < -0.39 is 0 Å². The first-order chi connectivity index (χ1) is 13.0. The van der Waals surface area contributed by atoms with Gasteiger partial charge in [0.15, 0.2) is 0 Å². The zero-order chi connectivity index (χ0) is 19.4. The van der Waals surface area contributed by atoms with Gasteiger partial charge in [-0.25, -0.2) is 9.97 Å². The summed E-state index contributed by atoms with van der Waals surface area (Å²) < 4.78 is 0. The predicted octanol–water partition coefficient (Wildman–Crippen LogP) is 2.90. The molecule has 144 valence electrons. The molecule has 6 nitrogen and oxygen atoms in total. The molecule has 0 unspecified atom stereocenters. The maximum Gasteiger partial charge on any atom is 0.257 e. The van der Waals surface area contributed by atoms with Gasteiger partial charge in [0.05, 0.1) is 5.56 Å². The van der Waals surface area contributed by atoms with Crippen molar-refractivity contribution in [2.45, 2.75) is 27.7 Å². The molecule has 1 aromatic heterocycles. The minimum absolute atomic E-state index is 0.0155. The van der Waals surface area contributed by atoms with E-state index in [0.717, 1.165) is 26.2 Å². The van der Waals surface area contributed by atoms with Gasteiger partial charge in [0.1, 0.15) is 0 Å². The van der Waals surface area contributed by atoms with Crippen LogP contribution in [0.25, 0.3) is 0 Å². The summed E-state index contributed by atoms with van der Waals surface area (Å²) >= 11 is 0. The lowest BCUT2D eigenvalue weighted by Crippen LogP contribution is -2.49. The van der Waals surface area contributed by atoms with Gasteiger partial charge in [0.25, 0.3) is 5.91 Å². The molecule has 0 saturated carbocycles. The van der Waals surface area contributed by atoms with Gasteiger partial charge < -0.3 is 14.7 Å². The Kier molecular flexibility index (Phi) is 5.94. The molecule has 1 amide bonds. The van der Waals surface area contributed by atoms with E-state index in [1.807, 2.05) is 4.90 Å². The summed E-state index contributed by atoms with van der Waals surface area (Å²) in [5.41, 5.74) is 4.45. The van der Waals surface area contributed by atoms with Crippen molar-refractivity contribution in [1.29, 1.82) is 0 Å². The Morgan fingerprint density at radius 1 is 1.04 bits per heavy atom. The van der Waals surface area contributed by atoms with E-state index in [4.69, 9.17) is 0 Å². The molecule has 1 aliphatic rings. The van der Waals surface area contributed by atoms with Gasteiger partial charge in [0, 0.05) is 57.3 Å². The van der Waals surface area contributed by atoms with Crippen molar-refractivity contribution in [2.24, 2.45) is 0 Å². The fourth-order valence-corrected chi connectivity index (χ4v) is 3.51. The molecule has 2 heterocycles. The summed E-state index contributed by atoms with van der Waals surface area (Å²) in [6.45, 7) is 13.3. The van der Waals surface area contributed by atoms with Crippen LogP contribution in [0.15, 0.2) is 30.6 Å². The molecule has 0 N–H and O–H groups in total. The summed E-state index contributed by atoms with van der Waals surface area (Å²) in [5.74, 6) is 0.693. The second-order valence-electron chi connectivity index (χ2n) is 6.94. The summed E-state index contributed by atoms with van der Waals surface area (Å²) in [7, 11) is 0. The standard InChI is InChI=1S/C21H29N5O/c1-5-24(6-2)21-22-14-18(15-23-21)20(27)26-12-10-25(11-13-26)19-9-7-8-16(3)17(19)4/h7-9,14-15H,5-6,10-13H2,1-4H3. The average Bonchev–Trinajstić information content (AvgIpc) is 2.71. The van der Waals surface area contributed by atoms with Crippen molar-refractivity contribution in [3.05, 3.63) is 47.3 Å². The molecular weight excluding hydrogens is 338 g/mol. The first kappa shape index (κ1) is 19.1. The van der Waals surface area contributed by atoms with Crippen LogP contribution in [-0.4, -0.2) is 60.0 Å². The summed E-state index contributed by atoms with van der Waals surface area (Å²) in [6, 6.07) is 6.41. The summed E-state index contributed by atoms with van der Waals surface area (Å²) in [4.78, 5) is 27.9. The zero-order valence-electron chi connectivity index (χ0n) is 16.8. The summed E-state index contributed by atoms with van der Waals surface area (Å²) in [5, 5.41) is 0. The van der Waals surface area contributed by atoms with Gasteiger partial charge in [-0.1, -0.05) is 12.1 Å². The third-order valence-electron chi connectivity index (χ3n) is 5.42. The van der Waals surface area contributed by atoms with Crippen LogP contribution in [0, 0.1) is 13.8 Å². The van der Waals surface area contributed by atoms with E-state index in [9.17, 15) is 4.79 Å². The molecule has 0 atom stereocenters. The Labute approximate surface area is 161 Å². The topological polar surface area (TPSA) is 52.6 Å². The second kappa shape index (κ2) is 8.37. The largest absolute Gasteiger partial charge is 0.368 e. The maximum atomic E-state index is 12.8. The normalized spacial score (nSPS) is 14.4. The molecule has 6 heteroatoms. The number of aromatic nitrogens is 2. The number of aryl methyl sites for hydroxylation is 1. The number of benzene rings is 1. The lowest BCUT2D eigenvalue weighted by atomic mass is 10.1. The second-order valence-corrected chi connectivity index (χ2v) is 6.94. The number of piperazine rings is 1. The van der Waals surface area contributed by atoms with Crippen molar-refractivity contribution in [3.8, 4) is 0 Å². The van der Waals surface area contributed by atoms with E-state index in [2.05, 4.69) is 65.7 Å². The van der Waals surface area contributed by atoms with Gasteiger partial charge in [-0.05, 0) is 44.9 Å². The highest BCUT2D eigenvalue weighted by Crippen LogP contribution is 2.24. The smallest absolute Gasteiger partial charge is 0.257 e. The van der Waals surface area contributed by atoms with Crippen LogP contribution in [0.1, 0.15) is 35.3 Å². The molecule has 1 saturated heterocycles. The van der Waals surface area contributed by atoms with E-state index in [1.165, 1.54) is 16.8 Å². The van der Waals surface area contributed by atoms with Crippen LogP contribution in [-0.2, 0) is 0 Å². The van der Waals surface area contributed by atoms with E-state index in [1.54, 1.807) is 12.4 Å². The number of rotatable bonds is 5. The van der Waals surface area contributed by atoms with Crippen molar-refractivity contribution < 1.29 is 4.79 Å². The molecule has 0 aliphatic carbocycles. The van der Waals surface area contributed by atoms with Gasteiger partial charge in [-0.3, -0.25) is 4.79 Å². The lowest BCUT2D eigenvalue weighted by molar-refractivity contribution is 0.0746. The fourth-order valence-electron chi connectivity index (χ4n) is 3.51. The van der Waals surface area contributed by atoms with Gasteiger partial charge in [0.2, 0.25) is 5.95 Å². The number of hydrogen-bond donors (Lipinski definition) is 0. The van der Waals surface area contributed by atoms with Crippen LogP contribution < -0.4 is 9.80 Å². The highest BCUT2D eigenvalue weighted by Gasteiger charge is 2.23. The van der Waals surface area contributed by atoms with Crippen molar-refractivity contribution >= 4 is 17.5 Å². The van der Waals surface area contributed by atoms with Gasteiger partial charge in [-0.2, -0.15) is 0 Å². The Bertz CT molecular complexity index is 778. The van der Waals surface area contributed by atoms with Crippen LogP contribution in [0.4, 0.5) is 11.6 Å². The molecule has 1 fully saturated rings. The Morgan fingerprint density at radius 3 is 2.26 bits per heavy atom. The Balaban J connectivity index is 1.64. The van der Waals surface area contributed by atoms with Crippen LogP contribution in [0.3, 0.4) is 0 Å². The third kappa shape index (κ3) is 4.04. The summed E-state index contributed by atoms with van der Waals surface area (Å²) in [6.07, 6.45) is 3.31. The first-order valence-corrected chi connectivity index (χ1v) is 9.72. The number of carbonyl (C=O) groups is 1. The minimum atomic E-state index is 0.0155. The number of amides is 1. The first-order valence-electron chi connectivity index (χ1n) is 9.72. The molecule has 0 spiro atoms. The molecule has 27 heavy (non-hydrogen) atoms. The monoisotopic (exact) mass is 367 g/mol. The number of carbonyl (C=O) groups excluding carboxylic acids is 1. The van der Waals surface area contributed by atoms with Crippen molar-refractivity contribution in [3.63, 3.8) is 0 Å². The molecule has 0 radical (unpaired) electrons. The lowest BCUT2D eigenvalue weighted by Gasteiger charge is -2.37. The van der Waals surface area contributed by atoms with Crippen LogP contribution in [0.2, 0.25) is 0 Å². The van der Waals surface area contributed by atoms with E-state index in [0.29, 0.717) is 24.6 Å². The molecule has 2 aromatic rings. The number of nitrogens with zero attached hydrogens (tertiary/aromatic N) is 5. The molecule has 1 aliphatic heterocycles. The zero-order valence-corrected chi connectivity index (χ0v) is 16.8. The molecule has 3 rings (SSSR count). The Hall–Kier alpha value is -2.63. The SMILES string of the molecule is CCN(CC)c1ncc(C(=O)N2CCN(c3cccc(C)c3C)CC2)cn1. The number of hydrogen-bond acceptors (Lipinski definition) is 5. The fraction of sp³-hybridized carbons (Fsp3) is 0.476. The van der Waals surface area contributed by atoms with Crippen LogP contribution >= 0.6 is 0 Å². The van der Waals surface area contributed by atoms with Gasteiger partial charge >= 0.3 is 0 Å². The molecular formula is C21H29N5O. The third-order valence-corrected chi connectivity index (χ3v) is 5.42. The quantitative estimate of drug-likeness (QED) is 0.813. The number of anilines is 2. The minimum Gasteiger partial charge on any atom is -0.368 e. The average molecular weight is 367 g/mol. The highest BCUT2D eigenvalue weighted by atomic mass is 16.2.